The molecule has 1 aliphatic heterocycles. The zero-order valence-electron chi connectivity index (χ0n) is 13.8. The lowest BCUT2D eigenvalue weighted by Gasteiger charge is -2.21. The fourth-order valence-electron chi connectivity index (χ4n) is 2.66. The fourth-order valence-corrected chi connectivity index (χ4v) is 2.92. The molecule has 0 aliphatic carbocycles. The third-order valence-electron chi connectivity index (χ3n) is 3.92. The van der Waals surface area contributed by atoms with Crippen LogP contribution < -0.4 is 15.1 Å². The maximum atomic E-state index is 12.4. The van der Waals surface area contributed by atoms with Crippen LogP contribution in [0.2, 0.25) is 0 Å². The Balaban J connectivity index is 1.83. The Kier molecular flexibility index (Phi) is 4.99. The zero-order valence-corrected chi connectivity index (χ0v) is 15.4. The Morgan fingerprint density at radius 3 is 2.50 bits per heavy atom. The summed E-state index contributed by atoms with van der Waals surface area (Å²) in [4.78, 5) is 25.6. The number of nitrogens with one attached hydrogen (secondary N) is 1. The molecule has 6 nitrogen and oxygen atoms in total. The molecule has 3 rings (SSSR count). The van der Waals surface area contributed by atoms with Gasteiger partial charge in [-0.1, -0.05) is 15.9 Å². The molecule has 1 aromatic heterocycles. The molecule has 7 heteroatoms. The standard InChI is InChI=1S/C17H20BrN5O/c1-22(2)15-14(11-19-17(21-15)23-9-3-4-10-23)20-16(24)12-5-7-13(18)8-6-12/h5-8,11H,3-4,9-10H2,1-2H3,(H,20,24). The van der Waals surface area contributed by atoms with Crippen LogP contribution in [0.5, 0.6) is 0 Å². The van der Waals surface area contributed by atoms with Gasteiger partial charge in [-0.05, 0) is 37.1 Å². The molecule has 1 saturated heterocycles. The van der Waals surface area contributed by atoms with Gasteiger partial charge in [0, 0.05) is 37.2 Å². The van der Waals surface area contributed by atoms with E-state index in [-0.39, 0.29) is 5.91 Å². The first-order valence-electron chi connectivity index (χ1n) is 7.91. The van der Waals surface area contributed by atoms with Gasteiger partial charge in [0.05, 0.1) is 6.20 Å². The summed E-state index contributed by atoms with van der Waals surface area (Å²) < 4.78 is 0.936. The van der Waals surface area contributed by atoms with Crippen molar-refractivity contribution < 1.29 is 4.79 Å². The fraction of sp³-hybridized carbons (Fsp3) is 0.353. The van der Waals surface area contributed by atoms with Gasteiger partial charge in [0.25, 0.3) is 5.91 Å². The lowest BCUT2D eigenvalue weighted by molar-refractivity contribution is 0.102. The lowest BCUT2D eigenvalue weighted by Crippen LogP contribution is -2.23. The van der Waals surface area contributed by atoms with E-state index in [0.29, 0.717) is 17.1 Å². The largest absolute Gasteiger partial charge is 0.361 e. The molecule has 2 heterocycles. The number of carbonyl (C=O) groups excluding carboxylic acids is 1. The Labute approximate surface area is 150 Å². The van der Waals surface area contributed by atoms with E-state index in [1.807, 2.05) is 31.1 Å². The number of carbonyl (C=O) groups is 1. The summed E-state index contributed by atoms with van der Waals surface area (Å²) in [6.07, 6.45) is 4.03. The van der Waals surface area contributed by atoms with Crippen LogP contribution in [0.25, 0.3) is 0 Å². The number of anilines is 3. The molecule has 1 aromatic carbocycles. The second kappa shape index (κ2) is 7.17. The highest BCUT2D eigenvalue weighted by Crippen LogP contribution is 2.26. The Hall–Kier alpha value is -2.15. The van der Waals surface area contributed by atoms with Gasteiger partial charge in [0.15, 0.2) is 5.82 Å². The first-order chi connectivity index (χ1) is 11.5. The minimum absolute atomic E-state index is 0.178. The molecule has 1 aliphatic rings. The van der Waals surface area contributed by atoms with Crippen molar-refractivity contribution >= 4 is 39.3 Å². The highest BCUT2D eigenvalue weighted by atomic mass is 79.9. The number of benzene rings is 1. The number of halogens is 1. The molecule has 24 heavy (non-hydrogen) atoms. The van der Waals surface area contributed by atoms with E-state index in [2.05, 4.69) is 36.1 Å². The van der Waals surface area contributed by atoms with Gasteiger partial charge in [-0.2, -0.15) is 4.98 Å². The van der Waals surface area contributed by atoms with Crippen molar-refractivity contribution in [3.63, 3.8) is 0 Å². The SMILES string of the molecule is CN(C)c1nc(N2CCCC2)ncc1NC(=O)c1ccc(Br)cc1. The van der Waals surface area contributed by atoms with Gasteiger partial charge in [-0.25, -0.2) is 4.98 Å². The van der Waals surface area contributed by atoms with E-state index in [0.717, 1.165) is 23.5 Å². The van der Waals surface area contributed by atoms with Crippen LogP contribution in [-0.2, 0) is 0 Å². The Morgan fingerprint density at radius 1 is 1.21 bits per heavy atom. The van der Waals surface area contributed by atoms with E-state index in [1.54, 1.807) is 18.3 Å². The third kappa shape index (κ3) is 3.67. The average Bonchev–Trinajstić information content (AvgIpc) is 3.10. The van der Waals surface area contributed by atoms with Crippen LogP contribution in [0.4, 0.5) is 17.5 Å². The monoisotopic (exact) mass is 389 g/mol. The number of hydrogen-bond donors (Lipinski definition) is 1. The number of aromatic nitrogens is 2. The number of hydrogen-bond acceptors (Lipinski definition) is 5. The molecule has 0 unspecified atom stereocenters. The van der Waals surface area contributed by atoms with Crippen LogP contribution in [-0.4, -0.2) is 43.1 Å². The molecule has 0 atom stereocenters. The van der Waals surface area contributed by atoms with Crippen molar-refractivity contribution in [2.75, 3.05) is 42.3 Å². The second-order valence-electron chi connectivity index (χ2n) is 5.96. The summed E-state index contributed by atoms with van der Waals surface area (Å²) in [6.45, 7) is 1.97. The van der Waals surface area contributed by atoms with E-state index in [9.17, 15) is 4.79 Å². The quantitative estimate of drug-likeness (QED) is 0.869. The number of rotatable bonds is 4. The van der Waals surface area contributed by atoms with Crippen LogP contribution in [0.15, 0.2) is 34.9 Å². The molecule has 0 bridgehead atoms. The molecule has 1 N–H and O–H groups in total. The number of amides is 1. The van der Waals surface area contributed by atoms with Crippen molar-refractivity contribution in [2.45, 2.75) is 12.8 Å². The molecular formula is C17H20BrN5O. The van der Waals surface area contributed by atoms with Crippen molar-refractivity contribution in [3.8, 4) is 0 Å². The first-order valence-corrected chi connectivity index (χ1v) is 8.70. The molecular weight excluding hydrogens is 370 g/mol. The zero-order chi connectivity index (χ0) is 17.1. The third-order valence-corrected chi connectivity index (χ3v) is 4.45. The molecule has 0 radical (unpaired) electrons. The molecule has 1 amide bonds. The summed E-state index contributed by atoms with van der Waals surface area (Å²) in [5.41, 5.74) is 1.20. The minimum atomic E-state index is -0.178. The van der Waals surface area contributed by atoms with E-state index >= 15 is 0 Å². The summed E-state index contributed by atoms with van der Waals surface area (Å²) in [6, 6.07) is 7.23. The predicted octanol–water partition coefficient (Wildman–Crippen LogP) is 3.16. The smallest absolute Gasteiger partial charge is 0.255 e. The molecule has 0 saturated carbocycles. The summed E-state index contributed by atoms with van der Waals surface area (Å²) in [7, 11) is 3.82. The molecule has 2 aromatic rings. The van der Waals surface area contributed by atoms with E-state index in [4.69, 9.17) is 0 Å². The molecule has 0 spiro atoms. The second-order valence-corrected chi connectivity index (χ2v) is 6.87. The van der Waals surface area contributed by atoms with Crippen molar-refractivity contribution in [2.24, 2.45) is 0 Å². The van der Waals surface area contributed by atoms with Gasteiger partial charge in [0.1, 0.15) is 5.69 Å². The van der Waals surface area contributed by atoms with Crippen molar-refractivity contribution in [3.05, 3.63) is 40.5 Å². The van der Waals surface area contributed by atoms with Crippen LogP contribution in [0.3, 0.4) is 0 Å². The average molecular weight is 390 g/mol. The maximum absolute atomic E-state index is 12.4. The summed E-state index contributed by atoms with van der Waals surface area (Å²) in [5.74, 6) is 1.25. The molecule has 126 valence electrons. The van der Waals surface area contributed by atoms with Gasteiger partial charge in [0.2, 0.25) is 5.95 Å². The van der Waals surface area contributed by atoms with Crippen LogP contribution >= 0.6 is 15.9 Å². The van der Waals surface area contributed by atoms with Crippen molar-refractivity contribution in [1.29, 1.82) is 0 Å². The summed E-state index contributed by atoms with van der Waals surface area (Å²) in [5, 5.41) is 2.91. The van der Waals surface area contributed by atoms with Gasteiger partial charge in [-0.15, -0.1) is 0 Å². The normalized spacial score (nSPS) is 13.9. The molecule has 1 fully saturated rings. The Bertz CT molecular complexity index is 726. The topological polar surface area (TPSA) is 61.4 Å². The summed E-state index contributed by atoms with van der Waals surface area (Å²) >= 11 is 3.37. The lowest BCUT2D eigenvalue weighted by atomic mass is 10.2. The van der Waals surface area contributed by atoms with E-state index < -0.39 is 0 Å². The maximum Gasteiger partial charge on any atom is 0.255 e. The highest BCUT2D eigenvalue weighted by Gasteiger charge is 2.18. The highest BCUT2D eigenvalue weighted by molar-refractivity contribution is 9.10. The van der Waals surface area contributed by atoms with Crippen molar-refractivity contribution in [1.82, 2.24) is 9.97 Å². The first kappa shape index (κ1) is 16.7. The van der Waals surface area contributed by atoms with E-state index in [1.165, 1.54) is 12.8 Å². The predicted molar refractivity (Wildman–Crippen MR) is 99.9 cm³/mol. The van der Waals surface area contributed by atoms with Gasteiger partial charge >= 0.3 is 0 Å². The van der Waals surface area contributed by atoms with Crippen LogP contribution in [0.1, 0.15) is 23.2 Å². The van der Waals surface area contributed by atoms with Gasteiger partial charge in [-0.3, -0.25) is 4.79 Å². The Morgan fingerprint density at radius 2 is 1.88 bits per heavy atom. The number of nitrogens with zero attached hydrogens (tertiary/aromatic N) is 4. The van der Waals surface area contributed by atoms with Crippen LogP contribution in [0, 0.1) is 0 Å². The minimum Gasteiger partial charge on any atom is -0.361 e. The van der Waals surface area contributed by atoms with Gasteiger partial charge < -0.3 is 15.1 Å².